The molecule has 1 aromatic carbocycles. The zero-order chi connectivity index (χ0) is 18.6. The van der Waals surface area contributed by atoms with Gasteiger partial charge < -0.3 is 15.1 Å². The molecule has 0 saturated carbocycles. The molecule has 2 rings (SSSR count). The molecule has 25 heavy (non-hydrogen) atoms. The average Bonchev–Trinajstić information content (AvgIpc) is 2.60. The van der Waals surface area contributed by atoms with Crippen LogP contribution in [0.2, 0.25) is 0 Å². The maximum absolute atomic E-state index is 12.7. The van der Waals surface area contributed by atoms with Gasteiger partial charge in [0.1, 0.15) is 0 Å². The highest BCUT2D eigenvalue weighted by atomic mass is 32.1. The fourth-order valence-corrected chi connectivity index (χ4v) is 3.72. The molecule has 1 amide bonds. The van der Waals surface area contributed by atoms with E-state index in [0.29, 0.717) is 6.54 Å². The van der Waals surface area contributed by atoms with Crippen molar-refractivity contribution in [1.29, 1.82) is 0 Å². The predicted molar refractivity (Wildman–Crippen MR) is 109 cm³/mol. The van der Waals surface area contributed by atoms with Crippen molar-refractivity contribution in [3.05, 3.63) is 28.8 Å². The Morgan fingerprint density at radius 3 is 2.48 bits per heavy atom. The number of piperidine rings is 1. The lowest BCUT2D eigenvalue weighted by Crippen LogP contribution is -2.47. The van der Waals surface area contributed by atoms with Gasteiger partial charge in [-0.05, 0) is 82.4 Å². The summed E-state index contributed by atoms with van der Waals surface area (Å²) in [7, 11) is 0. The van der Waals surface area contributed by atoms with Crippen molar-refractivity contribution in [3.63, 3.8) is 0 Å². The number of hydrogen-bond acceptors (Lipinski definition) is 2. The highest BCUT2D eigenvalue weighted by Gasteiger charge is 2.29. The molecule has 0 aliphatic carbocycles. The highest BCUT2D eigenvalue weighted by Crippen LogP contribution is 2.23. The van der Waals surface area contributed by atoms with Crippen LogP contribution in [-0.2, 0) is 4.79 Å². The molecule has 5 heteroatoms. The molecule has 1 fully saturated rings. The van der Waals surface area contributed by atoms with Crippen LogP contribution in [0.1, 0.15) is 43.4 Å². The number of carbonyl (C=O) groups excluding carboxylic acids is 1. The summed E-state index contributed by atoms with van der Waals surface area (Å²) in [5, 5.41) is 4.12. The van der Waals surface area contributed by atoms with Gasteiger partial charge in [-0.3, -0.25) is 4.79 Å². The minimum Gasteiger partial charge on any atom is -0.348 e. The Kier molecular flexibility index (Phi) is 6.82. The van der Waals surface area contributed by atoms with E-state index in [-0.39, 0.29) is 11.8 Å². The lowest BCUT2D eigenvalue weighted by molar-refractivity contribution is -0.136. The number of hydrogen-bond donors (Lipinski definition) is 1. The lowest BCUT2D eigenvalue weighted by Gasteiger charge is -2.36. The fraction of sp³-hybridized carbons (Fsp3) is 0.600. The minimum absolute atomic E-state index is 0.0502. The highest BCUT2D eigenvalue weighted by molar-refractivity contribution is 7.80. The van der Waals surface area contributed by atoms with Crippen LogP contribution in [0.4, 0.5) is 5.69 Å². The Hall–Kier alpha value is -1.62. The first kappa shape index (κ1) is 19.7. The molecule has 0 spiro atoms. The number of aryl methyl sites for hydroxylation is 3. The van der Waals surface area contributed by atoms with Crippen LogP contribution in [-0.4, -0.2) is 47.0 Å². The quantitative estimate of drug-likeness (QED) is 0.826. The van der Waals surface area contributed by atoms with Crippen LogP contribution in [0, 0.1) is 26.7 Å². The van der Waals surface area contributed by atoms with Crippen LogP contribution in [0.15, 0.2) is 12.1 Å². The van der Waals surface area contributed by atoms with Gasteiger partial charge in [-0.25, -0.2) is 0 Å². The van der Waals surface area contributed by atoms with Gasteiger partial charge in [0.2, 0.25) is 5.91 Å². The zero-order valence-corrected chi connectivity index (χ0v) is 17.0. The van der Waals surface area contributed by atoms with Gasteiger partial charge in [-0.1, -0.05) is 6.07 Å². The van der Waals surface area contributed by atoms with E-state index in [1.54, 1.807) is 0 Å². The van der Waals surface area contributed by atoms with Crippen molar-refractivity contribution in [2.45, 2.75) is 47.5 Å². The molecule has 1 heterocycles. The largest absolute Gasteiger partial charge is 0.348 e. The number of thiocarbonyl (C=S) groups is 1. The third-order valence-electron chi connectivity index (χ3n) is 5.22. The average molecular weight is 362 g/mol. The summed E-state index contributed by atoms with van der Waals surface area (Å²) >= 11 is 5.64. The minimum atomic E-state index is 0.0502. The van der Waals surface area contributed by atoms with Gasteiger partial charge in [0.05, 0.1) is 5.92 Å². The Labute approximate surface area is 157 Å². The van der Waals surface area contributed by atoms with E-state index in [2.05, 4.69) is 43.1 Å². The van der Waals surface area contributed by atoms with E-state index in [0.717, 1.165) is 43.3 Å². The molecule has 1 N–H and O–H groups in total. The molecule has 138 valence electrons. The molecule has 0 bridgehead atoms. The number of nitrogens with zero attached hydrogens (tertiary/aromatic N) is 2. The third-order valence-corrected chi connectivity index (χ3v) is 5.58. The van der Waals surface area contributed by atoms with Gasteiger partial charge in [0, 0.05) is 31.9 Å². The van der Waals surface area contributed by atoms with Crippen molar-refractivity contribution >= 4 is 28.9 Å². The second-order valence-corrected chi connectivity index (χ2v) is 7.36. The number of nitrogens with one attached hydrogen (secondary N) is 1. The molecule has 1 saturated heterocycles. The number of benzene rings is 1. The maximum atomic E-state index is 12.7. The number of anilines is 1. The monoisotopic (exact) mass is 361 g/mol. The summed E-state index contributed by atoms with van der Waals surface area (Å²) < 4.78 is 0. The smallest absolute Gasteiger partial charge is 0.227 e. The molecule has 1 aromatic rings. The van der Waals surface area contributed by atoms with E-state index in [1.807, 2.05) is 18.7 Å². The topological polar surface area (TPSA) is 35.6 Å². The first-order chi connectivity index (χ1) is 11.9. The van der Waals surface area contributed by atoms with Crippen molar-refractivity contribution in [2.24, 2.45) is 5.92 Å². The summed E-state index contributed by atoms with van der Waals surface area (Å²) in [6.45, 7) is 13.6. The van der Waals surface area contributed by atoms with Crippen LogP contribution >= 0.6 is 12.2 Å². The summed E-state index contributed by atoms with van der Waals surface area (Å²) in [5.41, 5.74) is 4.80. The van der Waals surface area contributed by atoms with Gasteiger partial charge in [0.15, 0.2) is 5.11 Å². The molecular formula is C20H31N3OS. The maximum Gasteiger partial charge on any atom is 0.227 e. The van der Waals surface area contributed by atoms with Gasteiger partial charge in [-0.15, -0.1) is 0 Å². The Morgan fingerprint density at radius 2 is 1.84 bits per heavy atom. The van der Waals surface area contributed by atoms with E-state index in [4.69, 9.17) is 12.2 Å². The molecular weight excluding hydrogens is 330 g/mol. The van der Waals surface area contributed by atoms with Crippen LogP contribution < -0.4 is 5.32 Å². The van der Waals surface area contributed by atoms with Crippen molar-refractivity contribution in [3.8, 4) is 0 Å². The Morgan fingerprint density at radius 1 is 1.20 bits per heavy atom. The number of amides is 1. The van der Waals surface area contributed by atoms with E-state index >= 15 is 0 Å². The van der Waals surface area contributed by atoms with Crippen molar-refractivity contribution < 1.29 is 4.79 Å². The summed E-state index contributed by atoms with van der Waals surface area (Å²) in [6.07, 6.45) is 1.96. The Bertz CT molecular complexity index is 640. The molecule has 1 unspecified atom stereocenters. The molecule has 4 nitrogen and oxygen atoms in total. The van der Waals surface area contributed by atoms with E-state index in [1.165, 1.54) is 16.7 Å². The van der Waals surface area contributed by atoms with E-state index < -0.39 is 0 Å². The summed E-state index contributed by atoms with van der Waals surface area (Å²) in [5.74, 6) is 0.314. The first-order valence-corrected chi connectivity index (χ1v) is 9.70. The zero-order valence-electron chi connectivity index (χ0n) is 16.2. The number of likely N-dealkylation sites (tertiary alicyclic amines) is 1. The predicted octanol–water partition coefficient (Wildman–Crippen LogP) is 3.89. The number of rotatable bonds is 4. The van der Waals surface area contributed by atoms with E-state index in [9.17, 15) is 4.79 Å². The molecule has 1 aliphatic heterocycles. The summed E-state index contributed by atoms with van der Waals surface area (Å²) in [4.78, 5) is 16.7. The molecule has 0 radical (unpaired) electrons. The normalized spacial score (nSPS) is 17.3. The second kappa shape index (κ2) is 8.65. The summed E-state index contributed by atoms with van der Waals surface area (Å²) in [6, 6.07) is 4.34. The van der Waals surface area contributed by atoms with Crippen LogP contribution in [0.25, 0.3) is 0 Å². The number of carbonyl (C=O) groups is 1. The van der Waals surface area contributed by atoms with Crippen LogP contribution in [0.5, 0.6) is 0 Å². The molecule has 1 aliphatic rings. The third kappa shape index (κ3) is 4.72. The van der Waals surface area contributed by atoms with Gasteiger partial charge in [0.25, 0.3) is 0 Å². The first-order valence-electron chi connectivity index (χ1n) is 9.29. The van der Waals surface area contributed by atoms with Crippen molar-refractivity contribution in [1.82, 2.24) is 9.80 Å². The van der Waals surface area contributed by atoms with Gasteiger partial charge >= 0.3 is 0 Å². The SMILES string of the molecule is CCN(CC)C(=O)C1CCCN(C(=S)Nc2cc(C)c(C)cc2C)C1. The van der Waals surface area contributed by atoms with Crippen LogP contribution in [0.3, 0.4) is 0 Å². The fourth-order valence-electron chi connectivity index (χ4n) is 3.45. The Balaban J connectivity index is 2.05. The second-order valence-electron chi connectivity index (χ2n) is 6.98. The molecule has 1 atom stereocenters. The molecule has 0 aromatic heterocycles. The van der Waals surface area contributed by atoms with Crippen molar-refractivity contribution in [2.75, 3.05) is 31.5 Å². The van der Waals surface area contributed by atoms with Gasteiger partial charge in [-0.2, -0.15) is 0 Å². The standard InChI is InChI=1S/C20H31N3OS/c1-6-22(7-2)19(24)17-9-8-10-23(13-17)20(25)21-18-12-15(4)14(3)11-16(18)5/h11-12,17H,6-10,13H2,1-5H3,(H,21,25). The lowest BCUT2D eigenvalue weighted by atomic mass is 9.96.